The number of nitrogens with one attached hydrogen (secondary N) is 1. The van der Waals surface area contributed by atoms with Gasteiger partial charge in [0.1, 0.15) is 10.4 Å². The first kappa shape index (κ1) is 11.1. The molecule has 1 aromatic rings. The van der Waals surface area contributed by atoms with Gasteiger partial charge in [-0.2, -0.15) is 0 Å². The highest BCUT2D eigenvalue weighted by Gasteiger charge is 2.23. The molecule has 0 spiro atoms. The molecule has 0 aromatic carbocycles. The number of rotatable bonds is 3. The van der Waals surface area contributed by atoms with E-state index in [9.17, 15) is 0 Å². The maximum atomic E-state index is 4.56. The topological polar surface area (TPSA) is 29.9 Å². The van der Waals surface area contributed by atoms with Crippen LogP contribution in [0.4, 0.5) is 0 Å². The summed E-state index contributed by atoms with van der Waals surface area (Å²) in [4.78, 5) is 4.56. The molecule has 4 heteroatoms. The fraction of sp³-hybridized carbons (Fsp3) is 0.727. The number of nitrogens with zero attached hydrogens (tertiary/aromatic N) is 2. The minimum atomic E-state index is 0.758. The van der Waals surface area contributed by atoms with Gasteiger partial charge in [0.25, 0.3) is 0 Å². The Bertz CT molecular complexity index is 346. The van der Waals surface area contributed by atoms with E-state index in [1.165, 1.54) is 17.9 Å². The molecule has 3 nitrogen and oxygen atoms in total. The van der Waals surface area contributed by atoms with Crippen LogP contribution in [0.1, 0.15) is 24.9 Å². The van der Waals surface area contributed by atoms with E-state index >= 15 is 0 Å². The van der Waals surface area contributed by atoms with E-state index in [2.05, 4.69) is 37.7 Å². The van der Waals surface area contributed by atoms with Gasteiger partial charge < -0.3 is 9.88 Å². The summed E-state index contributed by atoms with van der Waals surface area (Å²) in [6.45, 7) is 4.40. The van der Waals surface area contributed by atoms with Gasteiger partial charge in [-0.05, 0) is 48.3 Å². The summed E-state index contributed by atoms with van der Waals surface area (Å²) in [5.41, 5.74) is 1.39. The predicted octanol–water partition coefficient (Wildman–Crippen LogP) is 1.99. The fourth-order valence-electron chi connectivity index (χ4n) is 2.37. The standard InChI is InChI=1S/C11H18BrN3/c1-3-10-14-11(12)9-5-4-8(6-13-2)7-15(9)10/h8,13H,3-7H2,1-2H3. The van der Waals surface area contributed by atoms with Gasteiger partial charge in [-0.15, -0.1) is 0 Å². The van der Waals surface area contributed by atoms with Gasteiger partial charge in [0, 0.05) is 13.0 Å². The number of aryl methyl sites for hydroxylation is 1. The van der Waals surface area contributed by atoms with E-state index in [0.29, 0.717) is 0 Å². The van der Waals surface area contributed by atoms with Gasteiger partial charge in [0.2, 0.25) is 0 Å². The molecule has 0 radical (unpaired) electrons. The van der Waals surface area contributed by atoms with Crippen LogP contribution in [0.5, 0.6) is 0 Å². The number of halogens is 1. The molecule has 0 saturated carbocycles. The van der Waals surface area contributed by atoms with E-state index in [4.69, 9.17) is 0 Å². The molecular formula is C11H18BrN3. The molecule has 1 N–H and O–H groups in total. The Morgan fingerprint density at radius 1 is 1.60 bits per heavy atom. The molecule has 1 aromatic heterocycles. The van der Waals surface area contributed by atoms with Gasteiger partial charge in [0.05, 0.1) is 5.69 Å². The average molecular weight is 272 g/mol. The SMILES string of the molecule is CCc1nc(Br)c2n1CC(CNC)CC2. The Kier molecular flexibility index (Phi) is 3.46. The van der Waals surface area contributed by atoms with Crippen molar-refractivity contribution in [3.05, 3.63) is 16.1 Å². The second kappa shape index (κ2) is 4.66. The number of hydrogen-bond donors (Lipinski definition) is 1. The molecule has 0 fully saturated rings. The van der Waals surface area contributed by atoms with Crippen molar-refractivity contribution in [1.82, 2.24) is 14.9 Å². The van der Waals surface area contributed by atoms with Crippen molar-refractivity contribution in [2.45, 2.75) is 32.7 Å². The van der Waals surface area contributed by atoms with Crippen LogP contribution in [-0.4, -0.2) is 23.1 Å². The average Bonchev–Trinajstić information content (AvgIpc) is 2.56. The van der Waals surface area contributed by atoms with Crippen LogP contribution in [0.25, 0.3) is 0 Å². The first-order valence-electron chi connectivity index (χ1n) is 5.64. The zero-order valence-corrected chi connectivity index (χ0v) is 11.0. The second-order valence-electron chi connectivity index (χ2n) is 4.19. The van der Waals surface area contributed by atoms with Crippen molar-refractivity contribution in [1.29, 1.82) is 0 Å². The molecule has 1 atom stereocenters. The normalized spacial score (nSPS) is 20.3. The molecule has 84 valence electrons. The van der Waals surface area contributed by atoms with Crippen LogP contribution in [-0.2, 0) is 19.4 Å². The van der Waals surface area contributed by atoms with Crippen molar-refractivity contribution < 1.29 is 0 Å². The van der Waals surface area contributed by atoms with Crippen molar-refractivity contribution in [3.8, 4) is 0 Å². The lowest BCUT2D eigenvalue weighted by molar-refractivity contribution is 0.354. The summed E-state index contributed by atoms with van der Waals surface area (Å²) < 4.78 is 3.46. The van der Waals surface area contributed by atoms with Gasteiger partial charge >= 0.3 is 0 Å². The zero-order chi connectivity index (χ0) is 10.8. The predicted molar refractivity (Wildman–Crippen MR) is 65.0 cm³/mol. The van der Waals surface area contributed by atoms with Gasteiger partial charge in [-0.25, -0.2) is 4.98 Å². The van der Waals surface area contributed by atoms with E-state index in [1.807, 2.05) is 7.05 Å². The molecule has 0 saturated heterocycles. The maximum Gasteiger partial charge on any atom is 0.127 e. The Morgan fingerprint density at radius 3 is 3.07 bits per heavy atom. The molecule has 1 aliphatic heterocycles. The van der Waals surface area contributed by atoms with Gasteiger partial charge in [-0.1, -0.05) is 6.92 Å². The summed E-state index contributed by atoms with van der Waals surface area (Å²) in [5.74, 6) is 1.98. The summed E-state index contributed by atoms with van der Waals surface area (Å²) in [6, 6.07) is 0. The maximum absolute atomic E-state index is 4.56. The summed E-state index contributed by atoms with van der Waals surface area (Å²) in [5, 5.41) is 3.27. The number of imidazole rings is 1. The third-order valence-electron chi connectivity index (χ3n) is 3.14. The minimum absolute atomic E-state index is 0.758. The highest BCUT2D eigenvalue weighted by Crippen LogP contribution is 2.27. The van der Waals surface area contributed by atoms with Gasteiger partial charge in [-0.3, -0.25) is 0 Å². The third kappa shape index (κ3) is 2.11. The Balaban J connectivity index is 2.23. The molecule has 1 aliphatic rings. The highest BCUT2D eigenvalue weighted by molar-refractivity contribution is 9.10. The van der Waals surface area contributed by atoms with Crippen LogP contribution in [0.2, 0.25) is 0 Å². The largest absolute Gasteiger partial charge is 0.331 e. The summed E-state index contributed by atoms with van der Waals surface area (Å²) in [7, 11) is 2.03. The van der Waals surface area contributed by atoms with Crippen molar-refractivity contribution >= 4 is 15.9 Å². The minimum Gasteiger partial charge on any atom is -0.331 e. The third-order valence-corrected chi connectivity index (χ3v) is 3.78. The monoisotopic (exact) mass is 271 g/mol. The zero-order valence-electron chi connectivity index (χ0n) is 9.39. The number of aromatic nitrogens is 2. The lowest BCUT2D eigenvalue weighted by Crippen LogP contribution is -2.28. The van der Waals surface area contributed by atoms with Crippen molar-refractivity contribution in [3.63, 3.8) is 0 Å². The summed E-state index contributed by atoms with van der Waals surface area (Å²) in [6.07, 6.45) is 3.44. The summed E-state index contributed by atoms with van der Waals surface area (Å²) >= 11 is 3.55. The Morgan fingerprint density at radius 2 is 2.40 bits per heavy atom. The number of fused-ring (bicyclic) bond motifs is 1. The van der Waals surface area contributed by atoms with Crippen LogP contribution in [0.15, 0.2) is 4.60 Å². The highest BCUT2D eigenvalue weighted by atomic mass is 79.9. The van der Waals surface area contributed by atoms with E-state index < -0.39 is 0 Å². The lowest BCUT2D eigenvalue weighted by atomic mass is 9.98. The molecule has 1 unspecified atom stereocenters. The van der Waals surface area contributed by atoms with Crippen molar-refractivity contribution in [2.75, 3.05) is 13.6 Å². The molecule has 0 bridgehead atoms. The van der Waals surface area contributed by atoms with Crippen LogP contribution < -0.4 is 5.32 Å². The quantitative estimate of drug-likeness (QED) is 0.912. The first-order valence-corrected chi connectivity index (χ1v) is 6.44. The molecular weight excluding hydrogens is 254 g/mol. The van der Waals surface area contributed by atoms with Gasteiger partial charge in [0.15, 0.2) is 0 Å². The molecule has 2 heterocycles. The molecule has 2 rings (SSSR count). The Labute approximate surface area is 99.4 Å². The van der Waals surface area contributed by atoms with Crippen LogP contribution in [0, 0.1) is 5.92 Å². The fourth-order valence-corrected chi connectivity index (χ4v) is 2.99. The first-order chi connectivity index (χ1) is 7.26. The molecule has 0 amide bonds. The van der Waals surface area contributed by atoms with Crippen molar-refractivity contribution in [2.24, 2.45) is 5.92 Å². The van der Waals surface area contributed by atoms with E-state index in [-0.39, 0.29) is 0 Å². The number of hydrogen-bond acceptors (Lipinski definition) is 2. The Hall–Kier alpha value is -0.350. The van der Waals surface area contributed by atoms with Crippen LogP contribution in [0.3, 0.4) is 0 Å². The van der Waals surface area contributed by atoms with Crippen LogP contribution >= 0.6 is 15.9 Å². The van der Waals surface area contributed by atoms with E-state index in [1.54, 1.807) is 0 Å². The van der Waals surface area contributed by atoms with E-state index in [0.717, 1.165) is 36.5 Å². The lowest BCUT2D eigenvalue weighted by Gasteiger charge is -2.25. The molecule has 0 aliphatic carbocycles. The molecule has 15 heavy (non-hydrogen) atoms. The smallest absolute Gasteiger partial charge is 0.127 e. The second-order valence-corrected chi connectivity index (χ2v) is 4.94.